The Morgan fingerprint density at radius 3 is 2.80 bits per heavy atom. The van der Waals surface area contributed by atoms with E-state index in [1.807, 2.05) is 9.58 Å². The molecule has 4 heterocycles. The first-order chi connectivity index (χ1) is 14.5. The molecule has 2 aromatic heterocycles. The van der Waals surface area contributed by atoms with E-state index < -0.39 is 0 Å². The molecule has 4 rings (SSSR count). The summed E-state index contributed by atoms with van der Waals surface area (Å²) >= 11 is 0. The minimum atomic E-state index is -0.221. The number of methoxy groups -OCH3 is 1. The second kappa shape index (κ2) is 8.83. The maximum Gasteiger partial charge on any atom is 0.270 e. The average Bonchev–Trinajstić information content (AvgIpc) is 3.20. The number of ether oxygens (including phenoxy) is 1. The maximum atomic E-state index is 13.0. The molecule has 2 aliphatic heterocycles. The maximum absolute atomic E-state index is 13.0. The third kappa shape index (κ3) is 4.30. The fraction of sp³-hybridized carbons (Fsp3) is 0.524. The lowest BCUT2D eigenvalue weighted by Crippen LogP contribution is -2.47. The third-order valence-electron chi connectivity index (χ3n) is 5.95. The summed E-state index contributed by atoms with van der Waals surface area (Å²) in [5.41, 5.74) is 2.01. The Bertz CT molecular complexity index is 919. The van der Waals surface area contributed by atoms with Crippen molar-refractivity contribution in [3.05, 3.63) is 41.5 Å². The topological polar surface area (TPSA) is 92.6 Å². The van der Waals surface area contributed by atoms with Gasteiger partial charge in [-0.2, -0.15) is 5.10 Å². The van der Waals surface area contributed by atoms with Crippen molar-refractivity contribution in [2.24, 2.45) is 5.92 Å². The number of nitrogens with zero attached hydrogens (tertiary/aromatic N) is 5. The van der Waals surface area contributed by atoms with Gasteiger partial charge in [0, 0.05) is 51.5 Å². The number of hydrogen-bond donors (Lipinski definition) is 1. The molecule has 1 N–H and O–H groups in total. The van der Waals surface area contributed by atoms with Crippen LogP contribution in [0.2, 0.25) is 0 Å². The number of carbonyl (C=O) groups is 2. The number of piperazine rings is 1. The van der Waals surface area contributed by atoms with Crippen LogP contribution in [-0.2, 0) is 13.0 Å². The van der Waals surface area contributed by atoms with Crippen molar-refractivity contribution in [3.8, 4) is 5.75 Å². The van der Waals surface area contributed by atoms with Crippen LogP contribution in [0.5, 0.6) is 5.75 Å². The van der Waals surface area contributed by atoms with Crippen molar-refractivity contribution < 1.29 is 14.3 Å². The summed E-state index contributed by atoms with van der Waals surface area (Å²) in [6, 6.07) is 3.33. The molecule has 1 saturated heterocycles. The summed E-state index contributed by atoms with van der Waals surface area (Å²) < 4.78 is 7.09. The van der Waals surface area contributed by atoms with Crippen LogP contribution < -0.4 is 10.1 Å². The average molecular weight is 412 g/mol. The third-order valence-corrected chi connectivity index (χ3v) is 5.95. The van der Waals surface area contributed by atoms with Gasteiger partial charge >= 0.3 is 0 Å². The normalized spacial score (nSPS) is 19.3. The van der Waals surface area contributed by atoms with Crippen LogP contribution in [0.1, 0.15) is 33.0 Å². The molecule has 0 saturated carbocycles. The Kier molecular flexibility index (Phi) is 5.98. The molecule has 2 aliphatic rings. The zero-order valence-electron chi connectivity index (χ0n) is 17.5. The number of likely N-dealkylation sites (N-methyl/N-ethyl adjacent to an activating group) is 1. The highest BCUT2D eigenvalue weighted by atomic mass is 16.5. The Morgan fingerprint density at radius 2 is 2.03 bits per heavy atom. The zero-order valence-corrected chi connectivity index (χ0v) is 17.5. The number of fused-ring (bicyclic) bond motifs is 1. The number of hydrogen-bond acceptors (Lipinski definition) is 6. The number of amides is 2. The second-order valence-electron chi connectivity index (χ2n) is 7.97. The molecule has 0 radical (unpaired) electrons. The Morgan fingerprint density at radius 1 is 1.23 bits per heavy atom. The van der Waals surface area contributed by atoms with Crippen LogP contribution in [0, 0.1) is 5.92 Å². The van der Waals surface area contributed by atoms with Crippen molar-refractivity contribution in [1.82, 2.24) is 29.9 Å². The van der Waals surface area contributed by atoms with Gasteiger partial charge in [0.15, 0.2) is 0 Å². The van der Waals surface area contributed by atoms with Gasteiger partial charge in [-0.15, -0.1) is 0 Å². The van der Waals surface area contributed by atoms with Crippen molar-refractivity contribution in [3.63, 3.8) is 0 Å². The fourth-order valence-corrected chi connectivity index (χ4v) is 4.02. The van der Waals surface area contributed by atoms with E-state index in [9.17, 15) is 9.59 Å². The highest BCUT2D eigenvalue weighted by molar-refractivity contribution is 5.95. The lowest BCUT2D eigenvalue weighted by molar-refractivity contribution is 0.0661. The number of carbonyl (C=O) groups excluding carboxylic acids is 2. The number of rotatable bonds is 5. The highest BCUT2D eigenvalue weighted by Crippen LogP contribution is 2.24. The lowest BCUT2D eigenvalue weighted by atomic mass is 9.94. The molecule has 2 amide bonds. The quantitative estimate of drug-likeness (QED) is 0.776. The lowest BCUT2D eigenvalue weighted by Gasteiger charge is -2.32. The molecule has 1 fully saturated rings. The molecule has 0 bridgehead atoms. The zero-order chi connectivity index (χ0) is 21.1. The Labute approximate surface area is 176 Å². The minimum Gasteiger partial charge on any atom is -0.497 e. The predicted octanol–water partition coefficient (Wildman–Crippen LogP) is 0.667. The van der Waals surface area contributed by atoms with Crippen LogP contribution in [0.15, 0.2) is 24.5 Å². The van der Waals surface area contributed by atoms with E-state index >= 15 is 0 Å². The monoisotopic (exact) mass is 412 g/mol. The summed E-state index contributed by atoms with van der Waals surface area (Å²) in [7, 11) is 3.63. The van der Waals surface area contributed by atoms with E-state index in [2.05, 4.69) is 27.3 Å². The minimum absolute atomic E-state index is 0.0645. The fourth-order valence-electron chi connectivity index (χ4n) is 4.02. The first-order valence-electron chi connectivity index (χ1n) is 10.4. The molecule has 0 unspecified atom stereocenters. The van der Waals surface area contributed by atoms with Gasteiger partial charge < -0.3 is 19.9 Å². The predicted molar refractivity (Wildman–Crippen MR) is 111 cm³/mol. The summed E-state index contributed by atoms with van der Waals surface area (Å²) in [6.07, 6.45) is 4.89. The molecule has 9 heteroatoms. The van der Waals surface area contributed by atoms with E-state index in [1.54, 1.807) is 31.6 Å². The standard InChI is InChI=1S/C21H28N6O3/c1-25-7-9-26(10-8-25)21(29)17-14-24-27-6-4-15(11-19(17)27)13-23-20(28)18-12-16(30-2)3-5-22-18/h3,5,12,14-15H,4,6-11,13H2,1-2H3,(H,23,28)/t15-/m1/s1. The molecule has 9 nitrogen and oxygen atoms in total. The van der Waals surface area contributed by atoms with E-state index in [0.29, 0.717) is 23.6 Å². The molecule has 0 aromatic carbocycles. The van der Waals surface area contributed by atoms with E-state index in [0.717, 1.165) is 51.3 Å². The van der Waals surface area contributed by atoms with Gasteiger partial charge in [0.1, 0.15) is 11.4 Å². The summed E-state index contributed by atoms with van der Waals surface area (Å²) in [6.45, 7) is 4.55. The van der Waals surface area contributed by atoms with Crippen molar-refractivity contribution in [2.75, 3.05) is 46.9 Å². The molecular weight excluding hydrogens is 384 g/mol. The van der Waals surface area contributed by atoms with Gasteiger partial charge in [-0.3, -0.25) is 19.3 Å². The molecule has 30 heavy (non-hydrogen) atoms. The summed E-state index contributed by atoms with van der Waals surface area (Å²) in [5.74, 6) is 0.697. The SMILES string of the molecule is COc1ccnc(C(=O)NC[C@@H]2CCn3ncc(C(=O)N4CCN(C)CC4)c3C2)c1. The summed E-state index contributed by atoms with van der Waals surface area (Å²) in [5, 5.41) is 7.40. The smallest absolute Gasteiger partial charge is 0.270 e. The number of aryl methyl sites for hydroxylation is 1. The van der Waals surface area contributed by atoms with Crippen molar-refractivity contribution in [1.29, 1.82) is 0 Å². The van der Waals surface area contributed by atoms with Crippen LogP contribution in [0.3, 0.4) is 0 Å². The van der Waals surface area contributed by atoms with Crippen LogP contribution in [0.4, 0.5) is 0 Å². The van der Waals surface area contributed by atoms with Crippen LogP contribution in [0.25, 0.3) is 0 Å². The molecule has 160 valence electrons. The highest BCUT2D eigenvalue weighted by Gasteiger charge is 2.29. The van der Waals surface area contributed by atoms with Crippen LogP contribution in [-0.4, -0.2) is 83.3 Å². The van der Waals surface area contributed by atoms with Crippen molar-refractivity contribution >= 4 is 11.8 Å². The van der Waals surface area contributed by atoms with Crippen LogP contribution >= 0.6 is 0 Å². The van der Waals surface area contributed by atoms with Gasteiger partial charge in [-0.05, 0) is 31.9 Å². The number of pyridine rings is 1. The molecule has 0 spiro atoms. The first kappa shape index (κ1) is 20.3. The van der Waals surface area contributed by atoms with Gasteiger partial charge in [0.05, 0.1) is 24.6 Å². The van der Waals surface area contributed by atoms with Gasteiger partial charge in [-0.1, -0.05) is 0 Å². The Hall–Kier alpha value is -2.94. The van der Waals surface area contributed by atoms with E-state index in [1.165, 1.54) is 0 Å². The van der Waals surface area contributed by atoms with Crippen molar-refractivity contribution in [2.45, 2.75) is 19.4 Å². The number of nitrogens with one attached hydrogen (secondary N) is 1. The first-order valence-corrected chi connectivity index (χ1v) is 10.4. The molecule has 1 atom stereocenters. The van der Waals surface area contributed by atoms with Gasteiger partial charge in [0.25, 0.3) is 11.8 Å². The number of aromatic nitrogens is 3. The van der Waals surface area contributed by atoms with E-state index in [-0.39, 0.29) is 17.7 Å². The molecular formula is C21H28N6O3. The second-order valence-corrected chi connectivity index (χ2v) is 7.97. The van der Waals surface area contributed by atoms with Gasteiger partial charge in [-0.25, -0.2) is 0 Å². The molecule has 0 aliphatic carbocycles. The van der Waals surface area contributed by atoms with E-state index in [4.69, 9.17) is 4.74 Å². The summed E-state index contributed by atoms with van der Waals surface area (Å²) in [4.78, 5) is 33.7. The molecule has 2 aromatic rings. The van der Waals surface area contributed by atoms with Gasteiger partial charge in [0.2, 0.25) is 0 Å². The largest absolute Gasteiger partial charge is 0.497 e. The Balaban J connectivity index is 1.38.